The molecule has 0 bridgehead atoms. The number of fused-ring (bicyclic) bond motifs is 1. The molecule has 0 fully saturated rings. The Morgan fingerprint density at radius 3 is 3.05 bits per heavy atom. The molecular weight excluding hydrogens is 270 g/mol. The summed E-state index contributed by atoms with van der Waals surface area (Å²) in [5, 5.41) is 11.1. The Morgan fingerprint density at radius 1 is 1.52 bits per heavy atom. The van der Waals surface area contributed by atoms with Crippen LogP contribution in [0.15, 0.2) is 6.33 Å². The first kappa shape index (κ1) is 15.9. The van der Waals surface area contributed by atoms with Crippen LogP contribution < -0.4 is 5.32 Å². The Bertz CT molecular complexity index is 476. The fraction of sp³-hybridized carbons (Fsp3) is 0.786. The first-order chi connectivity index (χ1) is 10.1. The number of nitrogens with zero attached hydrogens (tertiary/aromatic N) is 4. The number of esters is 1. The van der Waals surface area contributed by atoms with E-state index in [0.29, 0.717) is 6.61 Å². The van der Waals surface area contributed by atoms with E-state index in [1.54, 1.807) is 13.4 Å². The summed E-state index contributed by atoms with van der Waals surface area (Å²) in [6, 6.07) is 0. The smallest absolute Gasteiger partial charge is 0.326 e. The number of carbonyl (C=O) groups is 1. The maximum Gasteiger partial charge on any atom is 0.326 e. The van der Waals surface area contributed by atoms with Crippen LogP contribution in [-0.2, 0) is 22.6 Å². The number of hydrogen-bond donors (Lipinski definition) is 1. The second-order valence-corrected chi connectivity index (χ2v) is 5.62. The average molecular weight is 295 g/mol. The van der Waals surface area contributed by atoms with Crippen LogP contribution >= 0.6 is 0 Å². The van der Waals surface area contributed by atoms with Crippen molar-refractivity contribution in [2.24, 2.45) is 0 Å². The summed E-state index contributed by atoms with van der Waals surface area (Å²) < 4.78 is 7.23. The third-order valence-electron chi connectivity index (χ3n) is 4.15. The highest BCUT2D eigenvalue weighted by Crippen LogP contribution is 2.16. The van der Waals surface area contributed by atoms with Gasteiger partial charge in [-0.15, -0.1) is 10.2 Å². The van der Waals surface area contributed by atoms with Gasteiger partial charge in [0, 0.05) is 13.1 Å². The molecule has 0 spiro atoms. The predicted molar refractivity (Wildman–Crippen MR) is 78.6 cm³/mol. The molecule has 0 aliphatic carbocycles. The monoisotopic (exact) mass is 295 g/mol. The van der Waals surface area contributed by atoms with E-state index >= 15 is 0 Å². The molecule has 1 aliphatic rings. The van der Waals surface area contributed by atoms with Gasteiger partial charge in [-0.25, -0.2) is 0 Å². The van der Waals surface area contributed by atoms with Crippen LogP contribution in [-0.4, -0.2) is 57.9 Å². The van der Waals surface area contributed by atoms with Crippen molar-refractivity contribution >= 4 is 5.97 Å². The SMILES string of the molecule is CCOC(=O)C(C)(CCCN1CCn2cnnc2C1)NC. The Labute approximate surface area is 125 Å². The average Bonchev–Trinajstić information content (AvgIpc) is 2.94. The standard InChI is InChI=1S/C14H25N5O2/c1-4-21-13(20)14(2,15-3)6-5-7-18-8-9-19-11-16-17-12(19)10-18/h11,15H,4-10H2,1-3H3. The van der Waals surface area contributed by atoms with Crippen LogP contribution in [0.2, 0.25) is 0 Å². The minimum absolute atomic E-state index is 0.175. The highest BCUT2D eigenvalue weighted by atomic mass is 16.5. The molecule has 2 rings (SSSR count). The minimum Gasteiger partial charge on any atom is -0.465 e. The van der Waals surface area contributed by atoms with Crippen LogP contribution in [0.5, 0.6) is 0 Å². The molecule has 1 aliphatic heterocycles. The van der Waals surface area contributed by atoms with Crippen molar-refractivity contribution in [3.8, 4) is 0 Å². The molecule has 0 aromatic carbocycles. The van der Waals surface area contributed by atoms with E-state index in [-0.39, 0.29) is 5.97 Å². The molecule has 0 radical (unpaired) electrons. The van der Waals surface area contributed by atoms with Crippen molar-refractivity contribution in [2.75, 3.05) is 26.7 Å². The van der Waals surface area contributed by atoms with E-state index < -0.39 is 5.54 Å². The summed E-state index contributed by atoms with van der Waals surface area (Å²) in [6.45, 7) is 7.86. The van der Waals surface area contributed by atoms with Crippen LogP contribution in [0.3, 0.4) is 0 Å². The molecule has 2 heterocycles. The van der Waals surface area contributed by atoms with Crippen molar-refractivity contribution in [3.05, 3.63) is 12.2 Å². The van der Waals surface area contributed by atoms with Gasteiger partial charge in [0.25, 0.3) is 0 Å². The normalized spacial score (nSPS) is 18.0. The number of nitrogens with one attached hydrogen (secondary N) is 1. The van der Waals surface area contributed by atoms with Gasteiger partial charge in [-0.3, -0.25) is 9.69 Å². The summed E-state index contributed by atoms with van der Waals surface area (Å²) in [5.41, 5.74) is -0.605. The van der Waals surface area contributed by atoms with Gasteiger partial charge in [0.1, 0.15) is 17.7 Å². The molecule has 21 heavy (non-hydrogen) atoms. The van der Waals surface area contributed by atoms with Crippen LogP contribution in [0.1, 0.15) is 32.5 Å². The Balaban J connectivity index is 1.80. The van der Waals surface area contributed by atoms with E-state index in [1.165, 1.54) is 0 Å². The van der Waals surface area contributed by atoms with Crippen molar-refractivity contribution < 1.29 is 9.53 Å². The molecule has 1 aromatic rings. The van der Waals surface area contributed by atoms with E-state index in [0.717, 1.165) is 44.8 Å². The van der Waals surface area contributed by atoms with Gasteiger partial charge in [-0.05, 0) is 40.3 Å². The molecule has 118 valence electrons. The van der Waals surface area contributed by atoms with Crippen LogP contribution in [0, 0.1) is 0 Å². The van der Waals surface area contributed by atoms with E-state index in [4.69, 9.17) is 4.74 Å². The van der Waals surface area contributed by atoms with Crippen LogP contribution in [0.4, 0.5) is 0 Å². The van der Waals surface area contributed by atoms with E-state index in [9.17, 15) is 4.79 Å². The number of carbonyl (C=O) groups excluding carboxylic acids is 1. The maximum atomic E-state index is 12.0. The highest BCUT2D eigenvalue weighted by molar-refractivity contribution is 5.80. The molecule has 1 aromatic heterocycles. The zero-order valence-electron chi connectivity index (χ0n) is 13.1. The van der Waals surface area contributed by atoms with E-state index in [1.807, 2.05) is 13.8 Å². The molecule has 0 saturated heterocycles. The molecule has 7 heteroatoms. The second-order valence-electron chi connectivity index (χ2n) is 5.62. The lowest BCUT2D eigenvalue weighted by Gasteiger charge is -2.30. The topological polar surface area (TPSA) is 72.3 Å². The van der Waals surface area contributed by atoms with Gasteiger partial charge in [0.2, 0.25) is 0 Å². The number of aromatic nitrogens is 3. The molecule has 1 unspecified atom stereocenters. The predicted octanol–water partition coefficient (Wildman–Crippen LogP) is 0.415. The Hall–Kier alpha value is -1.47. The van der Waals surface area contributed by atoms with E-state index in [2.05, 4.69) is 25.0 Å². The lowest BCUT2D eigenvalue weighted by atomic mass is 9.96. The second kappa shape index (κ2) is 7.00. The van der Waals surface area contributed by atoms with Crippen molar-refractivity contribution in [1.29, 1.82) is 0 Å². The van der Waals surface area contributed by atoms with Gasteiger partial charge in [0.05, 0.1) is 13.2 Å². The van der Waals surface area contributed by atoms with Crippen molar-refractivity contribution in [1.82, 2.24) is 25.0 Å². The fourth-order valence-electron chi connectivity index (χ4n) is 2.58. The number of rotatable bonds is 7. The summed E-state index contributed by atoms with van der Waals surface area (Å²) in [5.74, 6) is 0.842. The zero-order valence-corrected chi connectivity index (χ0v) is 13.1. The summed E-state index contributed by atoms with van der Waals surface area (Å²) in [7, 11) is 1.81. The minimum atomic E-state index is -0.605. The largest absolute Gasteiger partial charge is 0.465 e. The Morgan fingerprint density at radius 2 is 2.33 bits per heavy atom. The summed E-state index contributed by atoms with van der Waals surface area (Å²) >= 11 is 0. The maximum absolute atomic E-state index is 12.0. The number of ether oxygens (including phenoxy) is 1. The van der Waals surface area contributed by atoms with Crippen molar-refractivity contribution in [3.63, 3.8) is 0 Å². The first-order valence-electron chi connectivity index (χ1n) is 7.54. The zero-order chi connectivity index (χ0) is 15.3. The molecule has 0 saturated carbocycles. The van der Waals surface area contributed by atoms with Gasteiger partial charge < -0.3 is 14.6 Å². The van der Waals surface area contributed by atoms with Gasteiger partial charge >= 0.3 is 5.97 Å². The third kappa shape index (κ3) is 3.79. The molecule has 0 amide bonds. The van der Waals surface area contributed by atoms with Gasteiger partial charge in [0.15, 0.2) is 0 Å². The van der Waals surface area contributed by atoms with Gasteiger partial charge in [-0.1, -0.05) is 0 Å². The van der Waals surface area contributed by atoms with Gasteiger partial charge in [-0.2, -0.15) is 0 Å². The summed E-state index contributed by atoms with van der Waals surface area (Å²) in [4.78, 5) is 14.3. The Kier molecular flexibility index (Phi) is 5.30. The third-order valence-corrected chi connectivity index (χ3v) is 4.15. The lowest BCUT2D eigenvalue weighted by Crippen LogP contribution is -2.49. The summed E-state index contributed by atoms with van der Waals surface area (Å²) in [6.07, 6.45) is 3.47. The number of hydrogen-bond acceptors (Lipinski definition) is 6. The quantitative estimate of drug-likeness (QED) is 0.735. The molecule has 1 atom stereocenters. The highest BCUT2D eigenvalue weighted by Gasteiger charge is 2.32. The molecular formula is C14H25N5O2. The molecule has 7 nitrogen and oxygen atoms in total. The molecule has 1 N–H and O–H groups in total. The van der Waals surface area contributed by atoms with Crippen molar-refractivity contribution in [2.45, 2.75) is 45.3 Å². The first-order valence-corrected chi connectivity index (χ1v) is 7.54. The lowest BCUT2D eigenvalue weighted by molar-refractivity contribution is -0.150. The van der Waals surface area contributed by atoms with Crippen LogP contribution in [0.25, 0.3) is 0 Å². The fourth-order valence-corrected chi connectivity index (χ4v) is 2.58. The number of likely N-dealkylation sites (N-methyl/N-ethyl adjacent to an activating group) is 1.